The number of pyridine rings is 1. The molecule has 0 aliphatic heterocycles. The van der Waals surface area contributed by atoms with Gasteiger partial charge in [-0.1, -0.05) is 38.1 Å². The monoisotopic (exact) mass is 423 g/mol. The van der Waals surface area contributed by atoms with E-state index in [0.717, 1.165) is 16.9 Å². The molecule has 0 bridgehead atoms. The highest BCUT2D eigenvalue weighted by Crippen LogP contribution is 2.59. The Morgan fingerprint density at radius 2 is 1.70 bits per heavy atom. The SMILES string of the molecule is CC(C)CO[P@@](=O)(c1ccc(N(C)C)cc1)[C@H](Nc1ccccc1)c1cccnc1. The maximum absolute atomic E-state index is 14.6. The average Bonchev–Trinajstić information content (AvgIpc) is 2.77. The van der Waals surface area contributed by atoms with Gasteiger partial charge in [-0.3, -0.25) is 9.55 Å². The van der Waals surface area contributed by atoms with Crippen molar-refractivity contribution in [3.8, 4) is 0 Å². The van der Waals surface area contributed by atoms with Crippen molar-refractivity contribution in [3.63, 3.8) is 0 Å². The predicted molar refractivity (Wildman–Crippen MR) is 126 cm³/mol. The topological polar surface area (TPSA) is 54.5 Å². The van der Waals surface area contributed by atoms with E-state index in [1.54, 1.807) is 12.4 Å². The van der Waals surface area contributed by atoms with Crippen LogP contribution in [0.2, 0.25) is 0 Å². The molecule has 2 aromatic carbocycles. The summed E-state index contributed by atoms with van der Waals surface area (Å²) >= 11 is 0. The maximum atomic E-state index is 14.6. The van der Waals surface area contributed by atoms with Crippen LogP contribution in [0.4, 0.5) is 11.4 Å². The maximum Gasteiger partial charge on any atom is 0.258 e. The summed E-state index contributed by atoms with van der Waals surface area (Å²) in [7, 11) is 0.628. The van der Waals surface area contributed by atoms with E-state index in [9.17, 15) is 4.57 Å². The molecule has 0 unspecified atom stereocenters. The van der Waals surface area contributed by atoms with Crippen LogP contribution < -0.4 is 15.5 Å². The van der Waals surface area contributed by atoms with Crippen molar-refractivity contribution in [3.05, 3.63) is 84.7 Å². The molecular weight excluding hydrogens is 393 g/mol. The van der Waals surface area contributed by atoms with Gasteiger partial charge >= 0.3 is 0 Å². The molecule has 0 radical (unpaired) electrons. The van der Waals surface area contributed by atoms with Gasteiger partial charge in [0.25, 0.3) is 7.37 Å². The number of aromatic nitrogens is 1. The molecule has 0 amide bonds. The summed E-state index contributed by atoms with van der Waals surface area (Å²) < 4.78 is 20.8. The van der Waals surface area contributed by atoms with Crippen molar-refractivity contribution in [1.29, 1.82) is 0 Å². The fourth-order valence-corrected chi connectivity index (χ4v) is 5.66. The fraction of sp³-hybridized carbons (Fsp3) is 0.292. The van der Waals surface area contributed by atoms with E-state index in [1.807, 2.05) is 85.7 Å². The van der Waals surface area contributed by atoms with Crippen LogP contribution >= 0.6 is 7.37 Å². The predicted octanol–water partition coefficient (Wildman–Crippen LogP) is 5.53. The summed E-state index contributed by atoms with van der Waals surface area (Å²) in [6.07, 6.45) is 3.47. The van der Waals surface area contributed by atoms with Crippen molar-refractivity contribution < 1.29 is 9.09 Å². The lowest BCUT2D eigenvalue weighted by atomic mass is 10.2. The quantitative estimate of drug-likeness (QED) is 0.458. The highest BCUT2D eigenvalue weighted by Gasteiger charge is 2.38. The van der Waals surface area contributed by atoms with Gasteiger partial charge in [-0.05, 0) is 48.4 Å². The smallest absolute Gasteiger partial charge is 0.258 e. The summed E-state index contributed by atoms with van der Waals surface area (Å²) in [4.78, 5) is 6.28. The molecule has 158 valence electrons. The molecule has 3 rings (SSSR count). The largest absolute Gasteiger partial charge is 0.378 e. The van der Waals surface area contributed by atoms with E-state index in [4.69, 9.17) is 4.52 Å². The molecule has 2 atom stereocenters. The van der Waals surface area contributed by atoms with E-state index in [-0.39, 0.29) is 5.92 Å². The van der Waals surface area contributed by atoms with Gasteiger partial charge in [0, 0.05) is 48.7 Å². The van der Waals surface area contributed by atoms with Crippen molar-refractivity contribution in [1.82, 2.24) is 4.98 Å². The fourth-order valence-electron chi connectivity index (χ4n) is 3.11. The van der Waals surface area contributed by atoms with E-state index < -0.39 is 13.2 Å². The van der Waals surface area contributed by atoms with Crippen molar-refractivity contribution >= 4 is 24.0 Å². The third-order valence-electron chi connectivity index (χ3n) is 4.74. The molecule has 0 saturated carbocycles. The zero-order valence-corrected chi connectivity index (χ0v) is 18.9. The minimum atomic E-state index is -3.34. The van der Waals surface area contributed by atoms with Gasteiger partial charge in [0.1, 0.15) is 5.78 Å². The zero-order valence-electron chi connectivity index (χ0n) is 18.0. The van der Waals surface area contributed by atoms with Crippen LogP contribution in [-0.2, 0) is 9.09 Å². The third-order valence-corrected chi connectivity index (χ3v) is 7.40. The Balaban J connectivity index is 2.09. The third kappa shape index (κ3) is 5.29. The number of hydrogen-bond donors (Lipinski definition) is 1. The summed E-state index contributed by atoms with van der Waals surface area (Å²) in [6.45, 7) is 4.52. The van der Waals surface area contributed by atoms with Crippen LogP contribution in [0.1, 0.15) is 25.2 Å². The van der Waals surface area contributed by atoms with Crippen LogP contribution in [0.15, 0.2) is 79.1 Å². The van der Waals surface area contributed by atoms with Crippen LogP contribution in [0.5, 0.6) is 0 Å². The minimum Gasteiger partial charge on any atom is -0.378 e. The second-order valence-corrected chi connectivity index (χ2v) is 10.4. The number of hydrogen-bond acceptors (Lipinski definition) is 5. The van der Waals surface area contributed by atoms with Gasteiger partial charge in [-0.15, -0.1) is 0 Å². The molecule has 30 heavy (non-hydrogen) atoms. The lowest BCUT2D eigenvalue weighted by Gasteiger charge is -2.30. The summed E-state index contributed by atoms with van der Waals surface area (Å²) in [6, 6.07) is 21.4. The van der Waals surface area contributed by atoms with Crippen molar-refractivity contribution in [2.24, 2.45) is 5.92 Å². The van der Waals surface area contributed by atoms with Crippen LogP contribution in [0.25, 0.3) is 0 Å². The van der Waals surface area contributed by atoms with E-state index >= 15 is 0 Å². The molecule has 0 aliphatic rings. The molecular formula is C24H30N3O2P. The molecule has 1 N–H and O–H groups in total. The van der Waals surface area contributed by atoms with E-state index in [0.29, 0.717) is 11.9 Å². The second-order valence-electron chi connectivity index (χ2n) is 7.90. The van der Waals surface area contributed by atoms with Gasteiger partial charge in [-0.2, -0.15) is 0 Å². The first-order valence-corrected chi connectivity index (χ1v) is 11.8. The van der Waals surface area contributed by atoms with Crippen molar-refractivity contribution in [2.75, 3.05) is 30.9 Å². The van der Waals surface area contributed by atoms with Crippen LogP contribution in [-0.4, -0.2) is 25.7 Å². The van der Waals surface area contributed by atoms with Crippen LogP contribution in [0, 0.1) is 5.92 Å². The minimum absolute atomic E-state index is 0.255. The standard InChI is InChI=1S/C24H30N3O2P/c1-19(2)18-29-30(28,23-14-12-22(13-15-23)27(3)4)24(20-9-8-16-25-17-20)26-21-10-6-5-7-11-21/h5-17,19,24,26H,18H2,1-4H3/t24-,30-/m0/s1. The number of para-hydroxylation sites is 1. The number of rotatable bonds is 9. The Kier molecular flexibility index (Phi) is 7.30. The molecule has 0 saturated heterocycles. The highest BCUT2D eigenvalue weighted by molar-refractivity contribution is 7.67. The summed E-state index contributed by atoms with van der Waals surface area (Å²) in [5.41, 5.74) is 2.75. The first kappa shape index (κ1) is 22.1. The molecule has 6 heteroatoms. The molecule has 1 aromatic heterocycles. The number of benzene rings is 2. The molecule has 5 nitrogen and oxygen atoms in total. The summed E-state index contributed by atoms with van der Waals surface area (Å²) in [5, 5.41) is 4.14. The highest BCUT2D eigenvalue weighted by atomic mass is 31.2. The van der Waals surface area contributed by atoms with Gasteiger partial charge in [-0.25, -0.2) is 0 Å². The number of nitrogens with one attached hydrogen (secondary N) is 1. The Morgan fingerprint density at radius 1 is 1.00 bits per heavy atom. The van der Waals surface area contributed by atoms with E-state index in [1.165, 1.54) is 0 Å². The first-order valence-electron chi connectivity index (χ1n) is 10.1. The molecule has 0 aliphatic carbocycles. The zero-order chi connectivity index (χ0) is 21.6. The number of nitrogens with zero attached hydrogens (tertiary/aromatic N) is 2. The Morgan fingerprint density at radius 3 is 2.27 bits per heavy atom. The summed E-state index contributed by atoms with van der Waals surface area (Å²) in [5.74, 6) is -0.303. The lowest BCUT2D eigenvalue weighted by Crippen LogP contribution is -2.22. The molecule has 0 spiro atoms. The van der Waals surface area contributed by atoms with Crippen LogP contribution in [0.3, 0.4) is 0 Å². The molecule has 3 aromatic rings. The first-order chi connectivity index (χ1) is 14.4. The van der Waals surface area contributed by atoms with Crippen molar-refractivity contribution in [2.45, 2.75) is 19.6 Å². The normalized spacial score (nSPS) is 14.2. The average molecular weight is 423 g/mol. The van der Waals surface area contributed by atoms with Gasteiger partial charge in [0.2, 0.25) is 0 Å². The Hall–Kier alpha value is -2.62. The molecule has 0 fully saturated rings. The van der Waals surface area contributed by atoms with Gasteiger partial charge in [0.05, 0.1) is 6.61 Å². The Labute approximate surface area is 179 Å². The second kappa shape index (κ2) is 9.92. The number of anilines is 2. The van der Waals surface area contributed by atoms with Gasteiger partial charge < -0.3 is 14.7 Å². The lowest BCUT2D eigenvalue weighted by molar-refractivity contribution is 0.272. The Bertz CT molecular complexity index is 961. The van der Waals surface area contributed by atoms with E-state index in [2.05, 4.69) is 24.1 Å². The molecule has 1 heterocycles. The van der Waals surface area contributed by atoms with Gasteiger partial charge in [0.15, 0.2) is 0 Å².